The fraction of sp³-hybridized carbons (Fsp3) is 0.714. The summed E-state index contributed by atoms with van der Waals surface area (Å²) in [6.45, 7) is 2.75. The molecule has 2 aliphatic rings. The Morgan fingerprint density at radius 3 is 2.95 bits per heavy atom. The monoisotopic (exact) mass is 280 g/mol. The van der Waals surface area contributed by atoms with Crippen LogP contribution in [0.3, 0.4) is 0 Å². The first-order valence-corrected chi connectivity index (χ1v) is 7.20. The molecule has 1 spiro atoms. The highest BCUT2D eigenvalue weighted by molar-refractivity contribution is 5.91. The highest BCUT2D eigenvalue weighted by Gasteiger charge is 2.42. The van der Waals surface area contributed by atoms with Gasteiger partial charge in [0, 0.05) is 25.5 Å². The first-order valence-electron chi connectivity index (χ1n) is 7.20. The molecule has 2 fully saturated rings. The molecule has 1 aliphatic carbocycles. The van der Waals surface area contributed by atoms with Gasteiger partial charge in [-0.15, -0.1) is 0 Å². The molecule has 1 N–H and O–H groups in total. The number of nitrogens with one attached hydrogen (secondary N) is 1. The largest absolute Gasteiger partial charge is 0.351 e. The molecular formula is C14H20N2O4. The molecule has 2 heterocycles. The van der Waals surface area contributed by atoms with E-state index in [0.717, 1.165) is 25.7 Å². The number of carbonyl (C=O) groups is 1. The van der Waals surface area contributed by atoms with Crippen LogP contribution >= 0.6 is 0 Å². The molecule has 1 aromatic rings. The van der Waals surface area contributed by atoms with Crippen LogP contribution in [0.5, 0.6) is 0 Å². The first-order chi connectivity index (χ1) is 9.67. The van der Waals surface area contributed by atoms with E-state index in [1.54, 1.807) is 13.0 Å². The summed E-state index contributed by atoms with van der Waals surface area (Å²) in [6.07, 6.45) is 5.38. The van der Waals surface area contributed by atoms with Gasteiger partial charge >= 0.3 is 0 Å². The maximum Gasteiger partial charge on any atom is 0.289 e. The normalized spacial score (nSPS) is 24.9. The van der Waals surface area contributed by atoms with Crippen LogP contribution < -0.4 is 5.32 Å². The Kier molecular flexibility index (Phi) is 3.76. The predicted octanol–water partition coefficient (Wildman–Crippen LogP) is 1.79. The molecule has 0 bridgehead atoms. The highest BCUT2D eigenvalue weighted by atomic mass is 16.7. The molecule has 1 aromatic heterocycles. The van der Waals surface area contributed by atoms with Crippen LogP contribution in [0.2, 0.25) is 0 Å². The van der Waals surface area contributed by atoms with Gasteiger partial charge < -0.3 is 19.3 Å². The van der Waals surface area contributed by atoms with E-state index in [0.29, 0.717) is 18.8 Å². The average Bonchev–Trinajstić information content (AvgIpc) is 3.05. The van der Waals surface area contributed by atoms with Gasteiger partial charge in [0.25, 0.3) is 5.91 Å². The number of nitrogens with zero attached hydrogens (tertiary/aromatic N) is 1. The summed E-state index contributed by atoms with van der Waals surface area (Å²) in [7, 11) is 0. The van der Waals surface area contributed by atoms with E-state index in [9.17, 15) is 4.79 Å². The fourth-order valence-corrected chi connectivity index (χ4v) is 2.83. The summed E-state index contributed by atoms with van der Waals surface area (Å²) >= 11 is 0. The molecule has 1 unspecified atom stereocenters. The Labute approximate surface area is 117 Å². The Morgan fingerprint density at radius 2 is 2.25 bits per heavy atom. The zero-order valence-electron chi connectivity index (χ0n) is 11.7. The van der Waals surface area contributed by atoms with Crippen molar-refractivity contribution in [3.63, 3.8) is 0 Å². The summed E-state index contributed by atoms with van der Waals surface area (Å²) in [5, 5.41) is 6.49. The van der Waals surface area contributed by atoms with E-state index in [2.05, 4.69) is 10.5 Å². The molecule has 6 nitrogen and oxygen atoms in total. The van der Waals surface area contributed by atoms with Crippen LogP contribution in [0.25, 0.3) is 0 Å². The second kappa shape index (κ2) is 5.54. The molecule has 1 atom stereocenters. The van der Waals surface area contributed by atoms with Crippen molar-refractivity contribution in [2.45, 2.75) is 50.9 Å². The number of carbonyl (C=O) groups excluding carboxylic acids is 1. The number of hydrogen-bond donors (Lipinski definition) is 1. The van der Waals surface area contributed by atoms with Gasteiger partial charge in [-0.3, -0.25) is 4.79 Å². The SMILES string of the molecule is Cc1cc(C(=O)NCC2COC3(CCCCC3)O2)on1. The lowest BCUT2D eigenvalue weighted by Gasteiger charge is -2.31. The second-order valence-corrected chi connectivity index (χ2v) is 5.56. The van der Waals surface area contributed by atoms with E-state index >= 15 is 0 Å². The minimum absolute atomic E-state index is 0.0823. The Morgan fingerprint density at radius 1 is 1.45 bits per heavy atom. The maximum atomic E-state index is 11.8. The van der Waals surface area contributed by atoms with E-state index in [-0.39, 0.29) is 17.8 Å². The third-order valence-corrected chi connectivity index (χ3v) is 3.87. The lowest BCUT2D eigenvalue weighted by molar-refractivity contribution is -0.186. The molecule has 1 saturated heterocycles. The lowest BCUT2D eigenvalue weighted by atomic mass is 9.94. The van der Waals surface area contributed by atoms with Crippen molar-refractivity contribution in [1.29, 1.82) is 0 Å². The molecule has 3 rings (SSSR count). The van der Waals surface area contributed by atoms with Gasteiger partial charge in [0.2, 0.25) is 5.76 Å². The van der Waals surface area contributed by atoms with Crippen LogP contribution in [0.15, 0.2) is 10.6 Å². The van der Waals surface area contributed by atoms with Crippen molar-refractivity contribution in [3.05, 3.63) is 17.5 Å². The quantitative estimate of drug-likeness (QED) is 0.913. The Balaban J connectivity index is 1.49. The topological polar surface area (TPSA) is 73.6 Å². The molecule has 6 heteroatoms. The van der Waals surface area contributed by atoms with E-state index in [4.69, 9.17) is 14.0 Å². The van der Waals surface area contributed by atoms with E-state index < -0.39 is 5.79 Å². The fourth-order valence-electron chi connectivity index (χ4n) is 2.83. The van der Waals surface area contributed by atoms with Gasteiger partial charge in [0.15, 0.2) is 5.79 Å². The third kappa shape index (κ3) is 2.86. The van der Waals surface area contributed by atoms with E-state index in [1.807, 2.05) is 0 Å². The minimum atomic E-state index is -0.392. The van der Waals surface area contributed by atoms with Gasteiger partial charge in [-0.1, -0.05) is 11.6 Å². The van der Waals surface area contributed by atoms with Gasteiger partial charge in [-0.25, -0.2) is 0 Å². The van der Waals surface area contributed by atoms with Crippen molar-refractivity contribution in [2.24, 2.45) is 0 Å². The molecule has 1 saturated carbocycles. The zero-order chi connectivity index (χ0) is 14.0. The summed E-state index contributed by atoms with van der Waals surface area (Å²) in [4.78, 5) is 11.8. The van der Waals surface area contributed by atoms with Crippen LogP contribution in [-0.2, 0) is 9.47 Å². The summed E-state index contributed by atoms with van der Waals surface area (Å²) < 4.78 is 16.7. The molecular weight excluding hydrogens is 260 g/mol. The summed E-state index contributed by atoms with van der Waals surface area (Å²) in [5.74, 6) is -0.427. The second-order valence-electron chi connectivity index (χ2n) is 5.56. The van der Waals surface area contributed by atoms with Crippen molar-refractivity contribution < 1.29 is 18.8 Å². The first kappa shape index (κ1) is 13.6. The molecule has 0 radical (unpaired) electrons. The number of aromatic nitrogens is 1. The molecule has 20 heavy (non-hydrogen) atoms. The highest BCUT2D eigenvalue weighted by Crippen LogP contribution is 2.37. The average molecular weight is 280 g/mol. The van der Waals surface area contributed by atoms with Crippen LogP contribution in [0.1, 0.15) is 48.4 Å². The van der Waals surface area contributed by atoms with Gasteiger partial charge in [-0.05, 0) is 19.8 Å². The van der Waals surface area contributed by atoms with Crippen LogP contribution in [-0.4, -0.2) is 36.1 Å². The van der Waals surface area contributed by atoms with E-state index in [1.165, 1.54) is 6.42 Å². The number of ether oxygens (including phenoxy) is 2. The van der Waals surface area contributed by atoms with Crippen LogP contribution in [0, 0.1) is 6.92 Å². The van der Waals surface area contributed by atoms with Crippen molar-refractivity contribution in [3.8, 4) is 0 Å². The zero-order valence-corrected chi connectivity index (χ0v) is 11.7. The Bertz CT molecular complexity index is 479. The molecule has 0 aromatic carbocycles. The Hall–Kier alpha value is -1.40. The smallest absolute Gasteiger partial charge is 0.289 e. The molecule has 1 aliphatic heterocycles. The molecule has 110 valence electrons. The number of aryl methyl sites for hydroxylation is 1. The summed E-state index contributed by atoms with van der Waals surface area (Å²) in [6, 6.07) is 1.62. The molecule has 1 amide bonds. The number of rotatable bonds is 3. The number of amides is 1. The minimum Gasteiger partial charge on any atom is -0.351 e. The third-order valence-electron chi connectivity index (χ3n) is 3.87. The standard InChI is InChI=1S/C14H20N2O4/c1-10-7-12(20-16-10)13(17)15-8-11-9-18-14(19-11)5-3-2-4-6-14/h7,11H,2-6,8-9H2,1H3,(H,15,17). The van der Waals surface area contributed by atoms with Gasteiger partial charge in [0.1, 0.15) is 6.10 Å². The van der Waals surface area contributed by atoms with Crippen molar-refractivity contribution in [1.82, 2.24) is 10.5 Å². The van der Waals surface area contributed by atoms with Gasteiger partial charge in [-0.2, -0.15) is 0 Å². The summed E-state index contributed by atoms with van der Waals surface area (Å²) in [5.41, 5.74) is 0.691. The lowest BCUT2D eigenvalue weighted by Crippen LogP contribution is -2.37. The maximum absolute atomic E-state index is 11.8. The van der Waals surface area contributed by atoms with Crippen LogP contribution in [0.4, 0.5) is 0 Å². The van der Waals surface area contributed by atoms with Crippen molar-refractivity contribution in [2.75, 3.05) is 13.2 Å². The number of hydrogen-bond acceptors (Lipinski definition) is 5. The van der Waals surface area contributed by atoms with Crippen molar-refractivity contribution >= 4 is 5.91 Å². The predicted molar refractivity (Wildman–Crippen MR) is 70.2 cm³/mol. The van der Waals surface area contributed by atoms with Gasteiger partial charge in [0.05, 0.1) is 12.3 Å².